The number of fused-ring (bicyclic) bond motifs is 4. The second kappa shape index (κ2) is 8.75. The number of carbonyl (C=O) groups is 2. The lowest BCUT2D eigenvalue weighted by Crippen LogP contribution is -2.42. The van der Waals surface area contributed by atoms with Crippen molar-refractivity contribution in [3.63, 3.8) is 0 Å². The Morgan fingerprint density at radius 3 is 2.36 bits per heavy atom. The molecule has 166 valence electrons. The van der Waals surface area contributed by atoms with Crippen molar-refractivity contribution in [1.29, 1.82) is 0 Å². The molecule has 1 unspecified atom stereocenters. The monoisotopic (exact) mass is 504 g/mol. The molecule has 1 atom stereocenters. The van der Waals surface area contributed by atoms with Gasteiger partial charge in [-0.15, -0.1) is 0 Å². The lowest BCUT2D eigenvalue weighted by molar-refractivity contribution is -0.139. The van der Waals surface area contributed by atoms with Gasteiger partial charge in [-0.3, -0.25) is 0 Å². The van der Waals surface area contributed by atoms with Crippen molar-refractivity contribution in [2.24, 2.45) is 0 Å². The largest absolute Gasteiger partial charge is 0.480 e. The molecule has 1 amide bonds. The van der Waals surface area contributed by atoms with Crippen LogP contribution in [0.25, 0.3) is 22.0 Å². The van der Waals surface area contributed by atoms with Crippen molar-refractivity contribution in [2.45, 2.75) is 18.4 Å². The van der Waals surface area contributed by atoms with E-state index in [0.29, 0.717) is 0 Å². The Morgan fingerprint density at radius 2 is 1.70 bits per heavy atom. The highest BCUT2D eigenvalue weighted by atomic mass is 79.9. The van der Waals surface area contributed by atoms with E-state index in [2.05, 4.69) is 38.4 Å². The zero-order valence-corrected chi connectivity index (χ0v) is 19.1. The van der Waals surface area contributed by atoms with Gasteiger partial charge in [0.05, 0.1) is 0 Å². The highest BCUT2D eigenvalue weighted by Crippen LogP contribution is 2.44. The Labute approximate surface area is 198 Å². The summed E-state index contributed by atoms with van der Waals surface area (Å²) >= 11 is 3.43. The molecule has 1 aromatic heterocycles. The number of aromatic nitrogens is 1. The molecule has 6 nitrogen and oxygen atoms in total. The second-order valence-electron chi connectivity index (χ2n) is 8.07. The van der Waals surface area contributed by atoms with Gasteiger partial charge in [-0.1, -0.05) is 70.5 Å². The minimum Gasteiger partial charge on any atom is -0.480 e. The molecule has 0 aliphatic heterocycles. The van der Waals surface area contributed by atoms with Crippen LogP contribution in [0.3, 0.4) is 0 Å². The number of nitrogens with one attached hydrogen (secondary N) is 2. The number of rotatable bonds is 6. The number of H-pyrrole nitrogens is 1. The van der Waals surface area contributed by atoms with E-state index in [1.807, 2.05) is 54.6 Å². The van der Waals surface area contributed by atoms with E-state index < -0.39 is 18.1 Å². The van der Waals surface area contributed by atoms with Crippen LogP contribution in [0.5, 0.6) is 0 Å². The van der Waals surface area contributed by atoms with Crippen LogP contribution in [-0.4, -0.2) is 34.8 Å². The molecule has 1 heterocycles. The van der Waals surface area contributed by atoms with Gasteiger partial charge in [0.1, 0.15) is 12.6 Å². The Bertz CT molecular complexity index is 1320. The van der Waals surface area contributed by atoms with Crippen LogP contribution in [0, 0.1) is 0 Å². The van der Waals surface area contributed by atoms with E-state index in [1.165, 1.54) is 0 Å². The van der Waals surface area contributed by atoms with Crippen molar-refractivity contribution in [3.8, 4) is 11.1 Å². The number of alkyl carbamates (subject to hydrolysis) is 1. The topological polar surface area (TPSA) is 91.4 Å². The number of hydrogen-bond acceptors (Lipinski definition) is 3. The summed E-state index contributed by atoms with van der Waals surface area (Å²) in [6, 6.07) is 20.8. The van der Waals surface area contributed by atoms with E-state index in [9.17, 15) is 14.7 Å². The maximum absolute atomic E-state index is 12.6. The summed E-state index contributed by atoms with van der Waals surface area (Å²) in [6.07, 6.45) is 1.17. The van der Waals surface area contributed by atoms with Crippen molar-refractivity contribution in [1.82, 2.24) is 10.3 Å². The zero-order valence-electron chi connectivity index (χ0n) is 17.5. The standard InChI is InChI=1S/C26H21BrN2O4/c27-16-9-10-17-15(13-28-23(17)12-16)11-24(25(30)31)29-26(32)33-14-22-20-7-3-1-5-18(20)19-6-2-4-8-21(19)22/h1-10,12-13,22,24,28H,11,14H2,(H,29,32)(H,30,31). The Hall–Kier alpha value is -3.58. The summed E-state index contributed by atoms with van der Waals surface area (Å²) in [5.41, 5.74) is 6.18. The lowest BCUT2D eigenvalue weighted by atomic mass is 9.98. The van der Waals surface area contributed by atoms with Crippen LogP contribution < -0.4 is 5.32 Å². The summed E-state index contributed by atoms with van der Waals surface area (Å²) in [4.78, 5) is 27.6. The van der Waals surface area contributed by atoms with Gasteiger partial charge in [0, 0.05) is 33.9 Å². The number of amides is 1. The average Bonchev–Trinajstić information content (AvgIpc) is 3.35. The molecule has 0 saturated carbocycles. The first kappa shape index (κ1) is 21.3. The third-order valence-corrected chi connectivity index (χ3v) is 6.58. The molecule has 3 aromatic carbocycles. The fourth-order valence-corrected chi connectivity index (χ4v) is 4.89. The fourth-order valence-electron chi connectivity index (χ4n) is 4.53. The van der Waals surface area contributed by atoms with Crippen LogP contribution in [0.15, 0.2) is 77.4 Å². The number of carboxylic acids is 1. The number of aromatic amines is 1. The zero-order chi connectivity index (χ0) is 22.9. The van der Waals surface area contributed by atoms with E-state index in [1.54, 1.807) is 6.20 Å². The molecule has 0 radical (unpaired) electrons. The SMILES string of the molecule is O=C(NC(Cc1c[nH]c2cc(Br)ccc12)C(=O)O)OCC1c2ccccc2-c2ccccc21. The second-order valence-corrected chi connectivity index (χ2v) is 8.98. The van der Waals surface area contributed by atoms with Crippen LogP contribution in [0.2, 0.25) is 0 Å². The molecule has 7 heteroatoms. The fraction of sp³-hybridized carbons (Fsp3) is 0.154. The quantitative estimate of drug-likeness (QED) is 0.324. The van der Waals surface area contributed by atoms with Crippen LogP contribution >= 0.6 is 15.9 Å². The van der Waals surface area contributed by atoms with Crippen molar-refractivity contribution in [3.05, 3.63) is 94.1 Å². The summed E-state index contributed by atoms with van der Waals surface area (Å²) in [5, 5.41) is 13.1. The Kier molecular flexibility index (Phi) is 5.64. The van der Waals surface area contributed by atoms with Gasteiger partial charge >= 0.3 is 12.1 Å². The minimum absolute atomic E-state index is 0.0847. The number of ether oxygens (including phenoxy) is 1. The number of hydrogen-bond donors (Lipinski definition) is 3. The number of aliphatic carboxylic acids is 1. The Morgan fingerprint density at radius 1 is 1.03 bits per heavy atom. The maximum atomic E-state index is 12.6. The van der Waals surface area contributed by atoms with E-state index in [-0.39, 0.29) is 18.9 Å². The first-order chi connectivity index (χ1) is 16.0. The summed E-state index contributed by atoms with van der Waals surface area (Å²) in [7, 11) is 0. The molecule has 0 spiro atoms. The molecular formula is C26H21BrN2O4. The molecule has 0 fully saturated rings. The minimum atomic E-state index is -1.12. The van der Waals surface area contributed by atoms with Gasteiger partial charge in [0.25, 0.3) is 0 Å². The normalized spacial score (nSPS) is 13.4. The third kappa shape index (κ3) is 4.12. The molecule has 4 aromatic rings. The van der Waals surface area contributed by atoms with Gasteiger partial charge in [0.2, 0.25) is 0 Å². The first-order valence-corrected chi connectivity index (χ1v) is 11.4. The van der Waals surface area contributed by atoms with E-state index in [4.69, 9.17) is 4.74 Å². The summed E-state index contributed by atoms with van der Waals surface area (Å²) in [6.45, 7) is 0.132. The van der Waals surface area contributed by atoms with E-state index in [0.717, 1.165) is 43.2 Å². The van der Waals surface area contributed by atoms with Gasteiger partial charge in [-0.2, -0.15) is 0 Å². The van der Waals surface area contributed by atoms with Crippen molar-refractivity contribution < 1.29 is 19.4 Å². The van der Waals surface area contributed by atoms with Gasteiger partial charge < -0.3 is 20.1 Å². The number of halogens is 1. The highest BCUT2D eigenvalue weighted by Gasteiger charge is 2.30. The lowest BCUT2D eigenvalue weighted by Gasteiger charge is -2.17. The summed E-state index contributed by atoms with van der Waals surface area (Å²) in [5.74, 6) is -1.20. The molecule has 0 saturated heterocycles. The number of carbonyl (C=O) groups excluding carboxylic acids is 1. The number of benzene rings is 3. The predicted molar refractivity (Wildman–Crippen MR) is 129 cm³/mol. The predicted octanol–water partition coefficient (Wildman–Crippen LogP) is 5.46. The smallest absolute Gasteiger partial charge is 0.407 e. The van der Waals surface area contributed by atoms with Crippen LogP contribution in [0.4, 0.5) is 4.79 Å². The third-order valence-electron chi connectivity index (χ3n) is 6.09. The molecule has 5 rings (SSSR count). The molecule has 0 bridgehead atoms. The van der Waals surface area contributed by atoms with Crippen LogP contribution in [-0.2, 0) is 16.0 Å². The van der Waals surface area contributed by atoms with Crippen molar-refractivity contribution in [2.75, 3.05) is 6.61 Å². The number of carboxylic acid groups (broad SMARTS) is 1. The van der Waals surface area contributed by atoms with Crippen LogP contribution in [0.1, 0.15) is 22.6 Å². The molecule has 1 aliphatic rings. The molecule has 33 heavy (non-hydrogen) atoms. The van der Waals surface area contributed by atoms with Crippen molar-refractivity contribution >= 4 is 38.9 Å². The first-order valence-electron chi connectivity index (χ1n) is 10.6. The average molecular weight is 505 g/mol. The molecular weight excluding hydrogens is 484 g/mol. The maximum Gasteiger partial charge on any atom is 0.407 e. The highest BCUT2D eigenvalue weighted by molar-refractivity contribution is 9.10. The molecule has 3 N–H and O–H groups in total. The van der Waals surface area contributed by atoms with Gasteiger partial charge in [-0.25, -0.2) is 9.59 Å². The Balaban J connectivity index is 1.28. The summed E-state index contributed by atoms with van der Waals surface area (Å²) < 4.78 is 6.44. The van der Waals surface area contributed by atoms with E-state index >= 15 is 0 Å². The van der Waals surface area contributed by atoms with Gasteiger partial charge in [0.15, 0.2) is 0 Å². The molecule has 1 aliphatic carbocycles. The van der Waals surface area contributed by atoms with Gasteiger partial charge in [-0.05, 0) is 39.9 Å².